The van der Waals surface area contributed by atoms with E-state index in [-0.39, 0.29) is 22.5 Å². The van der Waals surface area contributed by atoms with E-state index in [4.69, 9.17) is 5.73 Å². The number of carbonyl (C=O) groups excluding carboxylic acids is 1. The van der Waals surface area contributed by atoms with Gasteiger partial charge in [-0.25, -0.2) is 9.37 Å². The van der Waals surface area contributed by atoms with Gasteiger partial charge >= 0.3 is 6.18 Å². The monoisotopic (exact) mass is 391 g/mol. The van der Waals surface area contributed by atoms with Gasteiger partial charge in [0.1, 0.15) is 17.2 Å². The van der Waals surface area contributed by atoms with E-state index in [1.54, 1.807) is 0 Å². The summed E-state index contributed by atoms with van der Waals surface area (Å²) < 4.78 is 55.3. The number of hydrogen-bond donors (Lipinski definition) is 1. The maximum atomic E-state index is 14.3. The van der Waals surface area contributed by atoms with Crippen molar-refractivity contribution in [1.29, 1.82) is 0 Å². The smallest absolute Gasteiger partial charge is 0.364 e. The molecule has 3 aromatic rings. The van der Waals surface area contributed by atoms with Gasteiger partial charge in [0.05, 0.1) is 5.56 Å². The Kier molecular flexibility index (Phi) is 4.76. The van der Waals surface area contributed by atoms with E-state index in [0.717, 1.165) is 29.0 Å². The minimum Gasteiger partial charge on any atom is -0.364 e. The normalized spacial score (nSPS) is 11.5. The first-order chi connectivity index (χ1) is 13.1. The number of halogens is 4. The molecular formula is C19H13F4N3O2. The maximum absolute atomic E-state index is 14.3. The third-order valence-corrected chi connectivity index (χ3v) is 4.07. The number of rotatable bonds is 3. The first-order valence-electron chi connectivity index (χ1n) is 7.93. The second kappa shape index (κ2) is 6.91. The Morgan fingerprint density at radius 2 is 1.75 bits per heavy atom. The molecule has 0 spiro atoms. The van der Waals surface area contributed by atoms with Crippen LogP contribution >= 0.6 is 0 Å². The quantitative estimate of drug-likeness (QED) is 0.696. The van der Waals surface area contributed by atoms with Crippen molar-refractivity contribution < 1.29 is 22.4 Å². The molecule has 28 heavy (non-hydrogen) atoms. The molecule has 0 aliphatic heterocycles. The highest BCUT2D eigenvalue weighted by molar-refractivity contribution is 5.91. The SMILES string of the molecule is Cn1cc(C(N)=O)nc(-c2cccc(-c3c(F)cccc3C(F)(F)F)c2)c1=O. The van der Waals surface area contributed by atoms with Crippen LogP contribution in [0.15, 0.2) is 53.5 Å². The molecule has 0 fully saturated rings. The number of primary amides is 1. The molecule has 1 aromatic heterocycles. The fourth-order valence-corrected chi connectivity index (χ4v) is 2.79. The van der Waals surface area contributed by atoms with Crippen LogP contribution in [0.4, 0.5) is 17.6 Å². The lowest BCUT2D eigenvalue weighted by Gasteiger charge is -2.14. The van der Waals surface area contributed by atoms with Gasteiger partial charge < -0.3 is 10.3 Å². The second-order valence-electron chi connectivity index (χ2n) is 6.00. The van der Waals surface area contributed by atoms with Crippen molar-refractivity contribution in [3.63, 3.8) is 0 Å². The summed E-state index contributed by atoms with van der Waals surface area (Å²) in [6, 6.07) is 7.96. The van der Waals surface area contributed by atoms with Crippen LogP contribution < -0.4 is 11.3 Å². The fourth-order valence-electron chi connectivity index (χ4n) is 2.79. The molecule has 1 amide bonds. The predicted molar refractivity (Wildman–Crippen MR) is 93.8 cm³/mol. The Bertz CT molecular complexity index is 1140. The standard InChI is InChI=1S/C19H13F4N3O2/c1-26-9-14(17(24)27)25-16(18(26)28)11-5-2-4-10(8-11)15-12(19(21,22)23)6-3-7-13(15)20/h2-9H,1H3,(H2,24,27). The highest BCUT2D eigenvalue weighted by Gasteiger charge is 2.35. The van der Waals surface area contributed by atoms with E-state index >= 15 is 0 Å². The highest BCUT2D eigenvalue weighted by atomic mass is 19.4. The molecular weight excluding hydrogens is 378 g/mol. The molecule has 0 saturated carbocycles. The summed E-state index contributed by atoms with van der Waals surface area (Å²) in [5.74, 6) is -1.93. The van der Waals surface area contributed by atoms with Gasteiger partial charge in [-0.2, -0.15) is 13.2 Å². The lowest BCUT2D eigenvalue weighted by molar-refractivity contribution is -0.137. The molecule has 0 atom stereocenters. The summed E-state index contributed by atoms with van der Waals surface area (Å²) in [6.45, 7) is 0. The molecule has 0 bridgehead atoms. The average Bonchev–Trinajstić information content (AvgIpc) is 2.62. The number of hydrogen-bond acceptors (Lipinski definition) is 3. The molecule has 9 heteroatoms. The Balaban J connectivity index is 2.25. The molecule has 1 heterocycles. The number of nitrogens with two attached hydrogens (primary N) is 1. The predicted octanol–water partition coefficient (Wildman–Crippen LogP) is 3.37. The molecule has 0 aliphatic rings. The van der Waals surface area contributed by atoms with E-state index in [1.807, 2.05) is 0 Å². The van der Waals surface area contributed by atoms with Crippen molar-refractivity contribution in [2.24, 2.45) is 12.8 Å². The zero-order chi connectivity index (χ0) is 20.6. The Morgan fingerprint density at radius 3 is 2.39 bits per heavy atom. The average molecular weight is 391 g/mol. The minimum absolute atomic E-state index is 0.0868. The second-order valence-corrected chi connectivity index (χ2v) is 6.00. The zero-order valence-corrected chi connectivity index (χ0v) is 14.4. The lowest BCUT2D eigenvalue weighted by atomic mass is 9.96. The zero-order valence-electron chi connectivity index (χ0n) is 14.4. The summed E-state index contributed by atoms with van der Waals surface area (Å²) in [5, 5.41) is 0. The molecule has 2 N–H and O–H groups in total. The van der Waals surface area contributed by atoms with Gasteiger partial charge in [0.15, 0.2) is 0 Å². The molecule has 0 saturated heterocycles. The summed E-state index contributed by atoms with van der Waals surface area (Å²) in [6.07, 6.45) is -3.62. The number of aromatic nitrogens is 2. The molecule has 0 radical (unpaired) electrons. The van der Waals surface area contributed by atoms with Gasteiger partial charge in [-0.3, -0.25) is 9.59 Å². The molecule has 0 aliphatic carbocycles. The Morgan fingerprint density at radius 1 is 1.11 bits per heavy atom. The van der Waals surface area contributed by atoms with E-state index in [2.05, 4.69) is 4.98 Å². The molecule has 2 aromatic carbocycles. The maximum Gasteiger partial charge on any atom is 0.417 e. The summed E-state index contributed by atoms with van der Waals surface area (Å²) >= 11 is 0. The largest absolute Gasteiger partial charge is 0.417 e. The van der Waals surface area contributed by atoms with Crippen LogP contribution in [0.5, 0.6) is 0 Å². The molecule has 144 valence electrons. The van der Waals surface area contributed by atoms with Gasteiger partial charge in [0.2, 0.25) is 0 Å². The van der Waals surface area contributed by atoms with Gasteiger partial charge in [-0.15, -0.1) is 0 Å². The van der Waals surface area contributed by atoms with Crippen molar-refractivity contribution in [1.82, 2.24) is 9.55 Å². The third kappa shape index (κ3) is 3.51. The van der Waals surface area contributed by atoms with Crippen molar-refractivity contribution in [3.8, 4) is 22.4 Å². The molecule has 0 unspecified atom stereocenters. The number of carbonyl (C=O) groups is 1. The number of amides is 1. The van der Waals surface area contributed by atoms with E-state index in [0.29, 0.717) is 0 Å². The van der Waals surface area contributed by atoms with Crippen LogP contribution in [-0.2, 0) is 13.2 Å². The lowest BCUT2D eigenvalue weighted by Crippen LogP contribution is -2.25. The van der Waals surface area contributed by atoms with Gasteiger partial charge in [-0.05, 0) is 23.8 Å². The summed E-state index contributed by atoms with van der Waals surface area (Å²) in [4.78, 5) is 27.7. The van der Waals surface area contributed by atoms with E-state index in [1.165, 1.54) is 31.3 Å². The van der Waals surface area contributed by atoms with Crippen molar-refractivity contribution in [3.05, 3.63) is 76.1 Å². The van der Waals surface area contributed by atoms with Crippen LogP contribution in [0.25, 0.3) is 22.4 Å². The van der Waals surface area contributed by atoms with E-state index in [9.17, 15) is 27.2 Å². The number of nitrogens with zero attached hydrogens (tertiary/aromatic N) is 2. The fraction of sp³-hybridized carbons (Fsp3) is 0.105. The van der Waals surface area contributed by atoms with Crippen LogP contribution in [0.2, 0.25) is 0 Å². The molecule has 5 nitrogen and oxygen atoms in total. The Hall–Kier alpha value is -3.49. The number of benzene rings is 2. The van der Waals surface area contributed by atoms with Crippen molar-refractivity contribution in [2.45, 2.75) is 6.18 Å². The van der Waals surface area contributed by atoms with Crippen LogP contribution in [0.3, 0.4) is 0 Å². The van der Waals surface area contributed by atoms with Crippen LogP contribution in [-0.4, -0.2) is 15.5 Å². The van der Waals surface area contributed by atoms with Crippen LogP contribution in [0, 0.1) is 5.82 Å². The molecule has 3 rings (SSSR count). The van der Waals surface area contributed by atoms with Crippen molar-refractivity contribution >= 4 is 5.91 Å². The number of alkyl halides is 3. The topological polar surface area (TPSA) is 78.0 Å². The first kappa shape index (κ1) is 19.3. The van der Waals surface area contributed by atoms with Crippen molar-refractivity contribution in [2.75, 3.05) is 0 Å². The van der Waals surface area contributed by atoms with E-state index < -0.39 is 34.6 Å². The first-order valence-corrected chi connectivity index (χ1v) is 7.93. The van der Waals surface area contributed by atoms with Crippen LogP contribution in [0.1, 0.15) is 16.1 Å². The minimum atomic E-state index is -4.77. The van der Waals surface area contributed by atoms with Gasteiger partial charge in [0, 0.05) is 24.4 Å². The summed E-state index contributed by atoms with van der Waals surface area (Å²) in [5.41, 5.74) is 2.48. The van der Waals surface area contributed by atoms with Gasteiger partial charge in [0.25, 0.3) is 11.5 Å². The summed E-state index contributed by atoms with van der Waals surface area (Å²) in [7, 11) is 1.38. The third-order valence-electron chi connectivity index (χ3n) is 4.07. The highest BCUT2D eigenvalue weighted by Crippen LogP contribution is 2.39. The number of aryl methyl sites for hydroxylation is 1. The van der Waals surface area contributed by atoms with Gasteiger partial charge in [-0.1, -0.05) is 24.3 Å². The Labute approximate surface area is 156 Å².